The smallest absolute Gasteiger partial charge is 0.258 e. The van der Waals surface area contributed by atoms with Gasteiger partial charge in [0.05, 0.1) is 25.0 Å². The van der Waals surface area contributed by atoms with Gasteiger partial charge in [0.15, 0.2) is 0 Å². The number of nitrogens with one attached hydrogen (secondary N) is 2. The molecule has 0 aromatic heterocycles. The van der Waals surface area contributed by atoms with Gasteiger partial charge in [-0.3, -0.25) is 9.59 Å². The molecule has 0 spiro atoms. The lowest BCUT2D eigenvalue weighted by molar-refractivity contribution is -0.115. The Balaban J connectivity index is 1.59. The second-order valence-corrected chi connectivity index (χ2v) is 8.22. The summed E-state index contributed by atoms with van der Waals surface area (Å²) < 4.78 is 24.2. The van der Waals surface area contributed by atoms with Gasteiger partial charge in [-0.05, 0) is 43.3 Å². The van der Waals surface area contributed by atoms with Crippen LogP contribution in [0.25, 0.3) is 0 Å². The number of thioether (sulfide) groups is 1. The Kier molecular flexibility index (Phi) is 7.72. The second kappa shape index (κ2) is 10.7. The first kappa shape index (κ1) is 23.1. The molecule has 3 rings (SSSR count). The zero-order chi connectivity index (χ0) is 23.1. The molecular formula is C24H23FN2O4S. The largest absolute Gasteiger partial charge is 0.497 e. The van der Waals surface area contributed by atoms with Crippen molar-refractivity contribution in [3.63, 3.8) is 0 Å². The number of anilines is 2. The number of hydrogen-bond acceptors (Lipinski definition) is 5. The van der Waals surface area contributed by atoms with Gasteiger partial charge in [-0.25, -0.2) is 4.39 Å². The number of benzene rings is 3. The molecule has 0 saturated heterocycles. The summed E-state index contributed by atoms with van der Waals surface area (Å²) in [5.41, 5.74) is 1.08. The zero-order valence-electron chi connectivity index (χ0n) is 17.8. The molecule has 0 saturated carbocycles. The number of carbonyl (C=O) groups is 2. The third kappa shape index (κ3) is 6.01. The van der Waals surface area contributed by atoms with Crippen LogP contribution in [0.1, 0.15) is 17.3 Å². The van der Waals surface area contributed by atoms with Crippen LogP contribution in [0.5, 0.6) is 11.5 Å². The lowest BCUT2D eigenvalue weighted by Crippen LogP contribution is -2.22. The molecule has 3 aromatic carbocycles. The van der Waals surface area contributed by atoms with Crippen molar-refractivity contribution in [3.8, 4) is 11.5 Å². The Morgan fingerprint density at radius 3 is 2.09 bits per heavy atom. The number of carbonyl (C=O) groups excluding carboxylic acids is 2. The summed E-state index contributed by atoms with van der Waals surface area (Å²) in [6.45, 7) is 1.80. The topological polar surface area (TPSA) is 76.7 Å². The molecule has 0 aliphatic rings. The molecule has 166 valence electrons. The number of amides is 2. The predicted octanol–water partition coefficient (Wildman–Crippen LogP) is 5.21. The monoisotopic (exact) mass is 454 g/mol. The third-order valence-electron chi connectivity index (χ3n) is 4.53. The van der Waals surface area contributed by atoms with Crippen molar-refractivity contribution in [2.45, 2.75) is 17.1 Å². The normalized spacial score (nSPS) is 11.4. The van der Waals surface area contributed by atoms with E-state index in [-0.39, 0.29) is 16.7 Å². The van der Waals surface area contributed by atoms with Crippen LogP contribution >= 0.6 is 11.8 Å². The van der Waals surface area contributed by atoms with Crippen LogP contribution in [-0.4, -0.2) is 31.3 Å². The molecule has 6 nitrogen and oxygen atoms in total. The number of rotatable bonds is 8. The van der Waals surface area contributed by atoms with Crippen molar-refractivity contribution in [2.24, 2.45) is 0 Å². The van der Waals surface area contributed by atoms with Gasteiger partial charge in [-0.15, -0.1) is 11.8 Å². The summed E-state index contributed by atoms with van der Waals surface area (Å²) in [7, 11) is 3.09. The highest BCUT2D eigenvalue weighted by atomic mass is 32.2. The summed E-state index contributed by atoms with van der Waals surface area (Å²) >= 11 is 1.37. The maximum atomic E-state index is 13.8. The first-order valence-electron chi connectivity index (χ1n) is 9.76. The summed E-state index contributed by atoms with van der Waals surface area (Å²) in [5.74, 6) is -0.126. The Morgan fingerprint density at radius 2 is 1.50 bits per heavy atom. The van der Waals surface area contributed by atoms with E-state index >= 15 is 0 Å². The Bertz CT molecular complexity index is 1080. The van der Waals surface area contributed by atoms with Crippen LogP contribution in [0.3, 0.4) is 0 Å². The lowest BCUT2D eigenvalue weighted by atomic mass is 10.2. The highest BCUT2D eigenvalue weighted by Gasteiger charge is 2.16. The van der Waals surface area contributed by atoms with Crippen molar-refractivity contribution in [1.82, 2.24) is 0 Å². The fourth-order valence-corrected chi connectivity index (χ4v) is 3.71. The first-order chi connectivity index (χ1) is 15.4. The molecule has 0 bridgehead atoms. The number of halogens is 1. The van der Waals surface area contributed by atoms with E-state index in [2.05, 4.69) is 10.6 Å². The van der Waals surface area contributed by atoms with E-state index in [0.29, 0.717) is 22.9 Å². The highest BCUT2D eigenvalue weighted by molar-refractivity contribution is 8.00. The highest BCUT2D eigenvalue weighted by Crippen LogP contribution is 2.28. The molecule has 0 radical (unpaired) electrons. The van der Waals surface area contributed by atoms with Crippen LogP contribution in [0.15, 0.2) is 71.6 Å². The Labute approximate surface area is 190 Å². The van der Waals surface area contributed by atoms with Crippen molar-refractivity contribution < 1.29 is 23.5 Å². The van der Waals surface area contributed by atoms with E-state index in [0.717, 1.165) is 4.90 Å². The van der Waals surface area contributed by atoms with Crippen LogP contribution < -0.4 is 20.1 Å². The number of methoxy groups -OCH3 is 2. The molecule has 3 aromatic rings. The molecule has 32 heavy (non-hydrogen) atoms. The van der Waals surface area contributed by atoms with Crippen LogP contribution in [0, 0.1) is 5.82 Å². The molecule has 0 heterocycles. The third-order valence-corrected chi connectivity index (χ3v) is 5.64. The quantitative estimate of drug-likeness (QED) is 0.457. The van der Waals surface area contributed by atoms with Gasteiger partial charge in [0, 0.05) is 34.5 Å². The van der Waals surface area contributed by atoms with Crippen LogP contribution in [0.2, 0.25) is 0 Å². The second-order valence-electron chi connectivity index (χ2n) is 6.81. The van der Waals surface area contributed by atoms with Gasteiger partial charge in [0.25, 0.3) is 5.91 Å². The van der Waals surface area contributed by atoms with E-state index in [9.17, 15) is 14.0 Å². The van der Waals surface area contributed by atoms with Gasteiger partial charge in [0.2, 0.25) is 5.91 Å². The van der Waals surface area contributed by atoms with Crippen LogP contribution in [0.4, 0.5) is 15.8 Å². The molecule has 2 N–H and O–H groups in total. The molecule has 0 fully saturated rings. The van der Waals surface area contributed by atoms with Crippen molar-refractivity contribution >= 4 is 35.0 Å². The van der Waals surface area contributed by atoms with Crippen molar-refractivity contribution in [3.05, 3.63) is 78.1 Å². The standard InChI is InChI=1S/C24H23FN2O4S/c1-15(23(28)27-17-12-18(30-2)14-19(13-17)31-3)32-20-10-8-16(9-11-20)26-24(29)21-6-4-5-7-22(21)25/h4-15H,1-3H3,(H,26,29)(H,27,28). The maximum absolute atomic E-state index is 13.8. The summed E-state index contributed by atoms with van der Waals surface area (Å²) in [4.78, 5) is 25.7. The minimum Gasteiger partial charge on any atom is -0.497 e. The van der Waals surface area contributed by atoms with Gasteiger partial charge >= 0.3 is 0 Å². The lowest BCUT2D eigenvalue weighted by Gasteiger charge is -2.14. The van der Waals surface area contributed by atoms with E-state index in [1.54, 1.807) is 69.7 Å². The average Bonchev–Trinajstić information content (AvgIpc) is 2.80. The van der Waals surface area contributed by atoms with E-state index in [1.807, 2.05) is 0 Å². The number of ether oxygens (including phenoxy) is 2. The molecule has 0 aliphatic heterocycles. The van der Waals surface area contributed by atoms with Crippen molar-refractivity contribution in [1.29, 1.82) is 0 Å². The molecule has 0 aliphatic carbocycles. The Morgan fingerprint density at radius 1 is 0.875 bits per heavy atom. The minimum absolute atomic E-state index is 0.0228. The first-order valence-corrected chi connectivity index (χ1v) is 10.6. The van der Waals surface area contributed by atoms with Crippen LogP contribution in [-0.2, 0) is 4.79 Å². The van der Waals surface area contributed by atoms with Crippen molar-refractivity contribution in [2.75, 3.05) is 24.9 Å². The minimum atomic E-state index is -0.578. The molecule has 8 heteroatoms. The predicted molar refractivity (Wildman–Crippen MR) is 124 cm³/mol. The Hall–Kier alpha value is -3.52. The average molecular weight is 455 g/mol. The molecular weight excluding hydrogens is 431 g/mol. The summed E-state index contributed by atoms with van der Waals surface area (Å²) in [5, 5.41) is 5.14. The molecule has 1 atom stereocenters. The van der Waals surface area contributed by atoms with E-state index in [1.165, 1.54) is 30.0 Å². The SMILES string of the molecule is COc1cc(NC(=O)C(C)Sc2ccc(NC(=O)c3ccccc3F)cc2)cc(OC)c1. The zero-order valence-corrected chi connectivity index (χ0v) is 18.7. The van der Waals surface area contributed by atoms with E-state index < -0.39 is 11.7 Å². The summed E-state index contributed by atoms with van der Waals surface area (Å²) in [6, 6.07) is 17.9. The molecule has 1 unspecified atom stereocenters. The van der Waals surface area contributed by atoms with Gasteiger partial charge in [-0.1, -0.05) is 12.1 Å². The van der Waals surface area contributed by atoms with Gasteiger partial charge in [-0.2, -0.15) is 0 Å². The maximum Gasteiger partial charge on any atom is 0.258 e. The fraction of sp³-hybridized carbons (Fsp3) is 0.167. The fourth-order valence-electron chi connectivity index (χ4n) is 2.84. The number of hydrogen-bond donors (Lipinski definition) is 2. The van der Waals surface area contributed by atoms with Gasteiger partial charge < -0.3 is 20.1 Å². The van der Waals surface area contributed by atoms with E-state index in [4.69, 9.17) is 9.47 Å². The molecule has 2 amide bonds. The van der Waals surface area contributed by atoms with Gasteiger partial charge in [0.1, 0.15) is 17.3 Å². The summed E-state index contributed by atoms with van der Waals surface area (Å²) in [6.07, 6.45) is 0.